The second kappa shape index (κ2) is 18.9. The van der Waals surface area contributed by atoms with Gasteiger partial charge in [-0.25, -0.2) is 16.8 Å². The number of sulfone groups is 2. The fourth-order valence-electron chi connectivity index (χ4n) is 7.20. The second-order valence-corrected chi connectivity index (χ2v) is 19.8. The van der Waals surface area contributed by atoms with Crippen molar-refractivity contribution in [3.05, 3.63) is 205 Å². The third kappa shape index (κ3) is 10.2. The van der Waals surface area contributed by atoms with Gasteiger partial charge in [0, 0.05) is 11.4 Å². The summed E-state index contributed by atoms with van der Waals surface area (Å²) in [6.45, 7) is 5.90. The number of hydrogen-bond acceptors (Lipinski definition) is 10. The maximum atomic E-state index is 13.5. The summed E-state index contributed by atoms with van der Waals surface area (Å²) in [6.07, 6.45) is 0.336. The standard InChI is InChI=1S/C54H48N2O8S2/c1-4-54(3,41-11-31-51(32-12-41)66(59,60)53-35-27-48(28-36-53)63-46-23-15-43(56)16-24-46)64-49-19-7-40(8-20-49)39-5-17-45(18-6-39)62-47-25-33-52(34-26-47)65(57,58)50-29-9-38(10-30-50)37(2)61-44-21-13-42(55)14-22-44/h5-37H,4,55-56H2,1-3H3. The molecule has 0 heterocycles. The summed E-state index contributed by atoms with van der Waals surface area (Å²) in [5.41, 5.74) is 15.7. The molecule has 0 aliphatic carbocycles. The van der Waals surface area contributed by atoms with Gasteiger partial charge in [-0.15, -0.1) is 0 Å². The van der Waals surface area contributed by atoms with Crippen LogP contribution in [0.25, 0.3) is 11.1 Å². The first-order valence-electron chi connectivity index (χ1n) is 21.2. The zero-order valence-electron chi connectivity index (χ0n) is 36.5. The molecule has 2 atom stereocenters. The molecule has 0 fully saturated rings. The van der Waals surface area contributed by atoms with Crippen LogP contribution in [0.4, 0.5) is 11.4 Å². The average molecular weight is 917 g/mol. The van der Waals surface area contributed by atoms with Crippen LogP contribution in [0.2, 0.25) is 0 Å². The van der Waals surface area contributed by atoms with Gasteiger partial charge in [-0.05, 0) is 188 Å². The Labute approximate surface area is 385 Å². The number of nitrogen functional groups attached to an aromatic ring is 2. The summed E-state index contributed by atoms with van der Waals surface area (Å²) < 4.78 is 78.4. The first-order valence-corrected chi connectivity index (χ1v) is 24.2. The summed E-state index contributed by atoms with van der Waals surface area (Å²) in [7, 11) is -7.55. The Morgan fingerprint density at radius 2 is 0.758 bits per heavy atom. The molecular formula is C54H48N2O8S2. The molecule has 0 radical (unpaired) electrons. The summed E-state index contributed by atoms with van der Waals surface area (Å²) in [4.78, 5) is 0.663. The lowest BCUT2D eigenvalue weighted by Gasteiger charge is -2.30. The van der Waals surface area contributed by atoms with E-state index in [0.717, 1.165) is 22.3 Å². The van der Waals surface area contributed by atoms with Crippen molar-refractivity contribution in [1.29, 1.82) is 0 Å². The van der Waals surface area contributed by atoms with Crippen LogP contribution in [-0.2, 0) is 25.3 Å². The Hall–Kier alpha value is -7.54. The van der Waals surface area contributed by atoms with Crippen molar-refractivity contribution in [3.63, 3.8) is 0 Å². The van der Waals surface area contributed by atoms with Crippen molar-refractivity contribution in [1.82, 2.24) is 0 Å². The van der Waals surface area contributed by atoms with E-state index in [1.807, 2.05) is 69.3 Å². The molecule has 0 bridgehead atoms. The van der Waals surface area contributed by atoms with E-state index in [1.54, 1.807) is 121 Å². The monoisotopic (exact) mass is 916 g/mol. The van der Waals surface area contributed by atoms with E-state index in [1.165, 1.54) is 24.3 Å². The van der Waals surface area contributed by atoms with Gasteiger partial charge in [-0.3, -0.25) is 0 Å². The first kappa shape index (κ1) is 45.0. The molecule has 0 amide bonds. The molecule has 334 valence electrons. The van der Waals surface area contributed by atoms with Crippen LogP contribution in [0.3, 0.4) is 0 Å². The van der Waals surface area contributed by atoms with E-state index >= 15 is 0 Å². The molecule has 0 aromatic heterocycles. The highest BCUT2D eigenvalue weighted by Crippen LogP contribution is 2.35. The highest BCUT2D eigenvalue weighted by atomic mass is 32.2. The minimum Gasteiger partial charge on any atom is -0.486 e. The van der Waals surface area contributed by atoms with Crippen molar-refractivity contribution in [3.8, 4) is 45.6 Å². The third-order valence-corrected chi connectivity index (χ3v) is 14.9. The van der Waals surface area contributed by atoms with E-state index in [-0.39, 0.29) is 25.7 Å². The van der Waals surface area contributed by atoms with Gasteiger partial charge in [0.05, 0.1) is 19.6 Å². The maximum Gasteiger partial charge on any atom is 0.206 e. The van der Waals surface area contributed by atoms with Gasteiger partial charge < -0.3 is 30.4 Å². The fourth-order valence-corrected chi connectivity index (χ4v) is 9.73. The molecule has 0 spiro atoms. The maximum absolute atomic E-state index is 13.5. The van der Waals surface area contributed by atoms with Crippen molar-refractivity contribution >= 4 is 31.0 Å². The molecule has 0 saturated carbocycles. The molecule has 0 aliphatic rings. The smallest absolute Gasteiger partial charge is 0.206 e. The second-order valence-electron chi connectivity index (χ2n) is 15.9. The van der Waals surface area contributed by atoms with Gasteiger partial charge in [0.2, 0.25) is 19.7 Å². The van der Waals surface area contributed by atoms with Crippen LogP contribution in [0.1, 0.15) is 44.4 Å². The number of benzene rings is 8. The largest absolute Gasteiger partial charge is 0.486 e. The fraction of sp³-hybridized carbons (Fsp3) is 0.111. The molecule has 2 unspecified atom stereocenters. The molecule has 4 N–H and O–H groups in total. The van der Waals surface area contributed by atoms with Crippen molar-refractivity contribution in [2.75, 3.05) is 11.5 Å². The molecule has 10 nitrogen and oxygen atoms in total. The number of ether oxygens (including phenoxy) is 4. The van der Waals surface area contributed by atoms with Crippen molar-refractivity contribution < 1.29 is 35.8 Å². The first-order chi connectivity index (χ1) is 31.7. The van der Waals surface area contributed by atoms with Gasteiger partial charge >= 0.3 is 0 Å². The highest BCUT2D eigenvalue weighted by molar-refractivity contribution is 7.91. The van der Waals surface area contributed by atoms with Gasteiger partial charge in [-0.2, -0.15) is 0 Å². The highest BCUT2D eigenvalue weighted by Gasteiger charge is 2.28. The van der Waals surface area contributed by atoms with E-state index in [4.69, 9.17) is 30.4 Å². The minimum absolute atomic E-state index is 0.153. The average Bonchev–Trinajstić information content (AvgIpc) is 3.34. The lowest BCUT2D eigenvalue weighted by atomic mass is 9.93. The molecular weight excluding hydrogens is 869 g/mol. The Morgan fingerprint density at radius 3 is 1.15 bits per heavy atom. The Balaban J connectivity index is 0.857. The SMILES string of the molecule is CCC(C)(Oc1ccc(-c2ccc(Oc3ccc(S(=O)(=O)c4ccc(C(C)Oc5ccc(N)cc5)cc4)cc3)cc2)cc1)c1ccc(S(=O)(=O)c2ccc(Oc3ccc(N)cc3)cc2)cc1. The van der Waals surface area contributed by atoms with Crippen molar-refractivity contribution in [2.45, 2.75) is 58.5 Å². The normalized spacial score (nSPS) is 13.0. The van der Waals surface area contributed by atoms with Crippen LogP contribution in [-0.4, -0.2) is 16.8 Å². The Kier molecular flexibility index (Phi) is 12.9. The zero-order valence-corrected chi connectivity index (χ0v) is 38.1. The van der Waals surface area contributed by atoms with Crippen LogP contribution in [0.5, 0.6) is 34.5 Å². The molecule has 0 aliphatic heterocycles. The molecule has 12 heteroatoms. The number of nitrogens with two attached hydrogens (primary N) is 2. The Morgan fingerprint density at radius 1 is 0.439 bits per heavy atom. The predicted octanol–water partition coefficient (Wildman–Crippen LogP) is 12.6. The van der Waals surface area contributed by atoms with E-state index in [2.05, 4.69) is 0 Å². The van der Waals surface area contributed by atoms with E-state index in [9.17, 15) is 16.8 Å². The van der Waals surface area contributed by atoms with E-state index in [0.29, 0.717) is 52.3 Å². The predicted molar refractivity (Wildman–Crippen MR) is 258 cm³/mol. The third-order valence-electron chi connectivity index (χ3n) is 11.3. The number of rotatable bonds is 16. The lowest BCUT2D eigenvalue weighted by Crippen LogP contribution is -2.28. The Bertz CT molecular complexity index is 3130. The number of anilines is 2. The quantitative estimate of drug-likeness (QED) is 0.0894. The summed E-state index contributed by atoms with van der Waals surface area (Å²) >= 11 is 0. The molecule has 66 heavy (non-hydrogen) atoms. The van der Waals surface area contributed by atoms with Gasteiger partial charge in [0.15, 0.2) is 0 Å². The molecule has 8 rings (SSSR count). The molecule has 8 aromatic rings. The van der Waals surface area contributed by atoms with Crippen LogP contribution < -0.4 is 30.4 Å². The molecule has 0 saturated heterocycles. The van der Waals surface area contributed by atoms with Crippen LogP contribution >= 0.6 is 0 Å². The topological polar surface area (TPSA) is 157 Å². The van der Waals surface area contributed by atoms with Gasteiger partial charge in [0.1, 0.15) is 46.2 Å². The molecule has 8 aromatic carbocycles. The van der Waals surface area contributed by atoms with Crippen molar-refractivity contribution in [2.24, 2.45) is 0 Å². The lowest BCUT2D eigenvalue weighted by molar-refractivity contribution is 0.0825. The van der Waals surface area contributed by atoms with Gasteiger partial charge in [0.25, 0.3) is 0 Å². The summed E-state index contributed by atoms with van der Waals surface area (Å²) in [5.74, 6) is 3.52. The van der Waals surface area contributed by atoms with Crippen LogP contribution in [0.15, 0.2) is 214 Å². The van der Waals surface area contributed by atoms with Crippen LogP contribution in [0, 0.1) is 0 Å². The minimum atomic E-state index is -3.78. The zero-order chi connectivity index (χ0) is 46.5. The summed E-state index contributed by atoms with van der Waals surface area (Å²) in [6, 6.07) is 55.6. The summed E-state index contributed by atoms with van der Waals surface area (Å²) in [5, 5.41) is 0. The van der Waals surface area contributed by atoms with Gasteiger partial charge in [-0.1, -0.05) is 55.5 Å². The number of hydrogen-bond donors (Lipinski definition) is 2. The van der Waals surface area contributed by atoms with E-state index < -0.39 is 25.3 Å².